The van der Waals surface area contributed by atoms with Crippen LogP contribution in [0.3, 0.4) is 0 Å². The van der Waals surface area contributed by atoms with Crippen LogP contribution in [0.25, 0.3) is 0 Å². The number of pyridine rings is 1. The second-order valence-corrected chi connectivity index (χ2v) is 7.77. The third-order valence-electron chi connectivity index (χ3n) is 5.14. The van der Waals surface area contributed by atoms with E-state index in [2.05, 4.69) is 10.3 Å². The number of carboxylic acids is 1. The lowest BCUT2D eigenvalue weighted by Gasteiger charge is -2.22. The van der Waals surface area contributed by atoms with Crippen molar-refractivity contribution >= 4 is 23.5 Å². The van der Waals surface area contributed by atoms with Crippen molar-refractivity contribution in [2.45, 2.75) is 38.5 Å². The Bertz CT molecular complexity index is 848. The van der Waals surface area contributed by atoms with Crippen molar-refractivity contribution in [1.29, 1.82) is 0 Å². The van der Waals surface area contributed by atoms with Crippen LogP contribution in [-0.2, 0) is 6.42 Å². The van der Waals surface area contributed by atoms with Gasteiger partial charge in [-0.25, -0.2) is 9.78 Å². The first-order valence-electron chi connectivity index (χ1n) is 9.91. The van der Waals surface area contributed by atoms with E-state index in [4.69, 9.17) is 21.4 Å². The van der Waals surface area contributed by atoms with Crippen molar-refractivity contribution in [3.05, 3.63) is 58.2 Å². The lowest BCUT2D eigenvalue weighted by atomic mass is 9.90. The van der Waals surface area contributed by atoms with Gasteiger partial charge in [-0.05, 0) is 48.9 Å². The lowest BCUT2D eigenvalue weighted by Crippen LogP contribution is -2.27. The predicted molar refractivity (Wildman–Crippen MR) is 111 cm³/mol. The number of hydrogen-bond acceptors (Lipinski definition) is 4. The van der Waals surface area contributed by atoms with Crippen molar-refractivity contribution < 1.29 is 19.4 Å². The first-order chi connectivity index (χ1) is 14.0. The summed E-state index contributed by atoms with van der Waals surface area (Å²) < 4.78 is 5.87. The molecule has 0 unspecified atom stereocenters. The standard InChI is InChI=1S/C22H25ClN2O4/c23-18-12-19(21(25-13-18)29-14-16-4-2-1-3-5-16)20(26)24-11-10-15-6-8-17(9-7-15)22(27)28/h6-9,12-13,16H,1-5,10-11,14H2,(H,24,26)(H,27,28). The average Bonchev–Trinajstić information content (AvgIpc) is 2.74. The minimum atomic E-state index is -0.959. The molecule has 0 bridgehead atoms. The summed E-state index contributed by atoms with van der Waals surface area (Å²) in [6.45, 7) is 0.963. The number of carboxylic acid groups (broad SMARTS) is 1. The van der Waals surface area contributed by atoms with Gasteiger partial charge in [-0.2, -0.15) is 0 Å². The number of ether oxygens (including phenoxy) is 1. The van der Waals surface area contributed by atoms with Crippen LogP contribution >= 0.6 is 11.6 Å². The molecule has 2 N–H and O–H groups in total. The zero-order valence-corrected chi connectivity index (χ0v) is 17.0. The second-order valence-electron chi connectivity index (χ2n) is 7.33. The van der Waals surface area contributed by atoms with Crippen LogP contribution in [0.5, 0.6) is 5.88 Å². The minimum Gasteiger partial charge on any atom is -0.478 e. The molecule has 1 heterocycles. The van der Waals surface area contributed by atoms with Crippen LogP contribution in [-0.4, -0.2) is 35.1 Å². The molecule has 1 aliphatic carbocycles. The number of benzene rings is 1. The average molecular weight is 417 g/mol. The number of aromatic carboxylic acids is 1. The van der Waals surface area contributed by atoms with Gasteiger partial charge in [0.15, 0.2) is 0 Å². The van der Waals surface area contributed by atoms with E-state index in [1.165, 1.54) is 25.5 Å². The van der Waals surface area contributed by atoms with Crippen LogP contribution in [0, 0.1) is 5.92 Å². The number of halogens is 1. The van der Waals surface area contributed by atoms with Crippen LogP contribution in [0.15, 0.2) is 36.5 Å². The van der Waals surface area contributed by atoms with Gasteiger partial charge in [-0.1, -0.05) is 43.0 Å². The maximum atomic E-state index is 12.6. The molecule has 2 aromatic rings. The molecule has 1 aromatic heterocycles. The summed E-state index contributed by atoms with van der Waals surface area (Å²) in [5.41, 5.74) is 1.50. The van der Waals surface area contributed by atoms with Gasteiger partial charge in [-0.3, -0.25) is 4.79 Å². The normalized spacial score (nSPS) is 14.4. The smallest absolute Gasteiger partial charge is 0.335 e. The monoisotopic (exact) mass is 416 g/mol. The number of nitrogens with one attached hydrogen (secondary N) is 1. The zero-order valence-electron chi connectivity index (χ0n) is 16.2. The summed E-state index contributed by atoms with van der Waals surface area (Å²) >= 11 is 6.03. The highest BCUT2D eigenvalue weighted by Crippen LogP contribution is 2.26. The molecule has 1 aliphatic rings. The highest BCUT2D eigenvalue weighted by molar-refractivity contribution is 6.30. The fraction of sp³-hybridized carbons (Fsp3) is 0.409. The molecule has 1 aromatic carbocycles. The number of carbonyl (C=O) groups excluding carboxylic acids is 1. The maximum absolute atomic E-state index is 12.6. The van der Waals surface area contributed by atoms with E-state index in [0.29, 0.717) is 42.0 Å². The summed E-state index contributed by atoms with van der Waals surface area (Å²) in [6.07, 6.45) is 8.09. The summed E-state index contributed by atoms with van der Waals surface area (Å²) in [5, 5.41) is 12.2. The predicted octanol–water partition coefficient (Wildman–Crippen LogP) is 4.36. The van der Waals surface area contributed by atoms with Gasteiger partial charge >= 0.3 is 5.97 Å². The van der Waals surface area contributed by atoms with E-state index in [1.807, 2.05) is 0 Å². The van der Waals surface area contributed by atoms with E-state index < -0.39 is 5.97 Å². The van der Waals surface area contributed by atoms with Crippen molar-refractivity contribution in [3.8, 4) is 5.88 Å². The highest BCUT2D eigenvalue weighted by atomic mass is 35.5. The van der Waals surface area contributed by atoms with E-state index in [0.717, 1.165) is 18.4 Å². The lowest BCUT2D eigenvalue weighted by molar-refractivity contribution is 0.0696. The highest BCUT2D eigenvalue weighted by Gasteiger charge is 2.18. The first-order valence-corrected chi connectivity index (χ1v) is 10.3. The molecule has 6 nitrogen and oxygen atoms in total. The molecular weight excluding hydrogens is 392 g/mol. The van der Waals surface area contributed by atoms with Gasteiger partial charge in [0.2, 0.25) is 5.88 Å². The van der Waals surface area contributed by atoms with E-state index in [-0.39, 0.29) is 11.5 Å². The third-order valence-corrected chi connectivity index (χ3v) is 5.35. The minimum absolute atomic E-state index is 0.238. The molecule has 1 saturated carbocycles. The summed E-state index contributed by atoms with van der Waals surface area (Å²) in [5.74, 6) is -0.436. The summed E-state index contributed by atoms with van der Waals surface area (Å²) in [7, 11) is 0. The molecule has 0 saturated heterocycles. The fourth-order valence-electron chi connectivity index (χ4n) is 3.48. The van der Waals surface area contributed by atoms with Crippen molar-refractivity contribution in [2.24, 2.45) is 5.92 Å². The zero-order chi connectivity index (χ0) is 20.6. The van der Waals surface area contributed by atoms with Crippen LogP contribution in [0.2, 0.25) is 5.02 Å². The molecule has 0 spiro atoms. The van der Waals surface area contributed by atoms with E-state index in [1.54, 1.807) is 30.3 Å². The molecule has 1 fully saturated rings. The topological polar surface area (TPSA) is 88.5 Å². The Hall–Kier alpha value is -2.60. The molecule has 7 heteroatoms. The van der Waals surface area contributed by atoms with E-state index >= 15 is 0 Å². The number of carbonyl (C=O) groups is 2. The van der Waals surface area contributed by atoms with Crippen LogP contribution in [0.4, 0.5) is 0 Å². The van der Waals surface area contributed by atoms with Gasteiger partial charge in [-0.15, -0.1) is 0 Å². The number of nitrogens with zero attached hydrogens (tertiary/aromatic N) is 1. The second kappa shape index (κ2) is 10.3. The molecule has 29 heavy (non-hydrogen) atoms. The third kappa shape index (κ3) is 6.19. The van der Waals surface area contributed by atoms with Gasteiger partial charge in [0.05, 0.1) is 17.2 Å². The fourth-order valence-corrected chi connectivity index (χ4v) is 3.64. The number of amides is 1. The Morgan fingerprint density at radius 2 is 1.90 bits per heavy atom. The molecule has 0 radical (unpaired) electrons. The van der Waals surface area contributed by atoms with Crippen molar-refractivity contribution in [1.82, 2.24) is 10.3 Å². The Morgan fingerprint density at radius 3 is 2.59 bits per heavy atom. The summed E-state index contributed by atoms with van der Waals surface area (Å²) in [4.78, 5) is 27.7. The first kappa shape index (κ1) is 21.1. The summed E-state index contributed by atoms with van der Waals surface area (Å²) in [6, 6.07) is 8.17. The van der Waals surface area contributed by atoms with Gasteiger partial charge in [0, 0.05) is 12.7 Å². The molecule has 0 atom stereocenters. The Kier molecular flexibility index (Phi) is 7.47. The Morgan fingerprint density at radius 1 is 1.17 bits per heavy atom. The largest absolute Gasteiger partial charge is 0.478 e. The number of rotatable bonds is 8. The molecule has 3 rings (SSSR count). The van der Waals surface area contributed by atoms with Gasteiger partial charge in [0.25, 0.3) is 5.91 Å². The Balaban J connectivity index is 1.56. The molecular formula is C22H25ClN2O4. The number of aromatic nitrogens is 1. The molecule has 154 valence electrons. The Labute approximate surface area is 175 Å². The molecule has 0 aliphatic heterocycles. The van der Waals surface area contributed by atoms with Crippen LogP contribution < -0.4 is 10.1 Å². The number of hydrogen-bond donors (Lipinski definition) is 2. The quantitative estimate of drug-likeness (QED) is 0.667. The molecule has 1 amide bonds. The van der Waals surface area contributed by atoms with Crippen LogP contribution in [0.1, 0.15) is 58.4 Å². The van der Waals surface area contributed by atoms with E-state index in [9.17, 15) is 9.59 Å². The van der Waals surface area contributed by atoms with Gasteiger partial charge in [0.1, 0.15) is 5.56 Å². The van der Waals surface area contributed by atoms with Crippen molar-refractivity contribution in [3.63, 3.8) is 0 Å². The SMILES string of the molecule is O=C(O)c1ccc(CCNC(=O)c2cc(Cl)cnc2OCC2CCCCC2)cc1. The van der Waals surface area contributed by atoms with Gasteiger partial charge < -0.3 is 15.2 Å². The van der Waals surface area contributed by atoms with Crippen molar-refractivity contribution in [2.75, 3.05) is 13.2 Å². The maximum Gasteiger partial charge on any atom is 0.335 e.